The van der Waals surface area contributed by atoms with Crippen LogP contribution >= 0.6 is 0 Å². The molecular weight excluding hydrogens is 368 g/mol. The number of anilines is 1. The van der Waals surface area contributed by atoms with Crippen LogP contribution in [-0.4, -0.2) is 63.8 Å². The van der Waals surface area contributed by atoms with E-state index in [0.717, 1.165) is 36.3 Å². The molecule has 0 aliphatic rings. The van der Waals surface area contributed by atoms with Gasteiger partial charge in [0, 0.05) is 19.2 Å². The minimum atomic E-state index is 0.185. The third kappa shape index (κ3) is 5.18. The van der Waals surface area contributed by atoms with Crippen molar-refractivity contribution in [2.45, 2.75) is 32.2 Å². The van der Waals surface area contributed by atoms with Crippen LogP contribution in [0.5, 0.6) is 6.01 Å². The molecule has 9 heteroatoms. The van der Waals surface area contributed by atoms with Crippen molar-refractivity contribution >= 4 is 11.5 Å². The van der Waals surface area contributed by atoms with Crippen LogP contribution in [0.1, 0.15) is 42.8 Å². The average molecular weight is 399 g/mol. The van der Waals surface area contributed by atoms with Crippen LogP contribution in [0.3, 0.4) is 0 Å². The summed E-state index contributed by atoms with van der Waals surface area (Å²) in [5.41, 5.74) is 9.56. The van der Waals surface area contributed by atoms with E-state index in [2.05, 4.69) is 63.4 Å². The number of nitrogens with zero attached hydrogens (tertiary/aromatic N) is 6. The molecule has 1 unspecified atom stereocenters. The van der Waals surface area contributed by atoms with E-state index >= 15 is 0 Å². The standard InChI is InChI=1S/C20H30N8O/c1-5-6-9-29-20-25-18(21)19-24-12-15(28(19)26-20)10-14-7-8-16(23-11-14)17(22-2)13-27(3)4/h7-8,11-12,17,22H,5-6,9-10,13H2,1-4H3,(H2,21,25,26). The first-order valence-electron chi connectivity index (χ1n) is 9.91. The lowest BCUT2D eigenvalue weighted by Gasteiger charge is -2.20. The molecule has 0 saturated heterocycles. The van der Waals surface area contributed by atoms with E-state index in [1.54, 1.807) is 10.7 Å². The molecule has 0 saturated carbocycles. The summed E-state index contributed by atoms with van der Waals surface area (Å²) in [5.74, 6) is 0.312. The molecule has 1 atom stereocenters. The molecule has 0 aromatic carbocycles. The quantitative estimate of drug-likeness (QED) is 0.497. The molecule has 0 aliphatic heterocycles. The Bertz CT molecular complexity index is 922. The Hall–Kier alpha value is -2.78. The lowest BCUT2D eigenvalue weighted by Crippen LogP contribution is -2.29. The second-order valence-electron chi connectivity index (χ2n) is 7.34. The van der Waals surface area contributed by atoms with Gasteiger partial charge >= 0.3 is 6.01 Å². The first-order valence-corrected chi connectivity index (χ1v) is 9.91. The maximum atomic E-state index is 6.04. The van der Waals surface area contributed by atoms with Gasteiger partial charge in [-0.2, -0.15) is 4.98 Å². The van der Waals surface area contributed by atoms with Gasteiger partial charge in [0.15, 0.2) is 11.5 Å². The summed E-state index contributed by atoms with van der Waals surface area (Å²) in [7, 11) is 6.06. The van der Waals surface area contributed by atoms with Gasteiger partial charge in [-0.1, -0.05) is 19.4 Å². The molecule has 9 nitrogen and oxygen atoms in total. The van der Waals surface area contributed by atoms with Gasteiger partial charge in [-0.05, 0) is 39.2 Å². The number of fused-ring (bicyclic) bond motifs is 1. The zero-order valence-electron chi connectivity index (χ0n) is 17.6. The van der Waals surface area contributed by atoms with Crippen molar-refractivity contribution in [1.29, 1.82) is 0 Å². The average Bonchev–Trinajstić information content (AvgIpc) is 3.10. The summed E-state index contributed by atoms with van der Waals surface area (Å²) in [6, 6.07) is 4.61. The van der Waals surface area contributed by atoms with Gasteiger partial charge in [-0.3, -0.25) is 4.98 Å². The van der Waals surface area contributed by atoms with E-state index in [1.165, 1.54) is 0 Å². The minimum absolute atomic E-state index is 0.185. The highest BCUT2D eigenvalue weighted by atomic mass is 16.5. The van der Waals surface area contributed by atoms with Gasteiger partial charge in [-0.15, -0.1) is 5.10 Å². The minimum Gasteiger partial charge on any atom is -0.462 e. The number of nitrogens with one attached hydrogen (secondary N) is 1. The number of hydrogen-bond acceptors (Lipinski definition) is 8. The number of rotatable bonds is 10. The smallest absolute Gasteiger partial charge is 0.336 e. The zero-order chi connectivity index (χ0) is 20.8. The van der Waals surface area contributed by atoms with Crippen molar-refractivity contribution in [1.82, 2.24) is 34.8 Å². The fourth-order valence-corrected chi connectivity index (χ4v) is 3.07. The molecule has 0 aliphatic carbocycles. The number of hydrogen-bond donors (Lipinski definition) is 2. The SMILES string of the molecule is CCCCOc1nc(N)c2ncc(Cc3ccc(C(CN(C)C)NC)nc3)n2n1. The van der Waals surface area contributed by atoms with E-state index in [1.807, 2.05) is 13.2 Å². The number of ether oxygens (including phenoxy) is 1. The van der Waals surface area contributed by atoms with Crippen LogP contribution in [0.2, 0.25) is 0 Å². The van der Waals surface area contributed by atoms with Crippen LogP contribution in [-0.2, 0) is 6.42 Å². The van der Waals surface area contributed by atoms with Crippen molar-refractivity contribution in [2.75, 3.05) is 40.0 Å². The summed E-state index contributed by atoms with van der Waals surface area (Å²) < 4.78 is 7.33. The van der Waals surface area contributed by atoms with Crippen LogP contribution in [0.25, 0.3) is 5.65 Å². The summed E-state index contributed by atoms with van der Waals surface area (Å²) in [6.07, 6.45) is 6.29. The first-order chi connectivity index (χ1) is 14.0. The first kappa shape index (κ1) is 20.9. The fraction of sp³-hybridized carbons (Fsp3) is 0.500. The highest BCUT2D eigenvalue weighted by Gasteiger charge is 2.14. The second kappa shape index (κ2) is 9.62. The van der Waals surface area contributed by atoms with E-state index < -0.39 is 0 Å². The molecule has 156 valence electrons. The Morgan fingerprint density at radius 2 is 2.07 bits per heavy atom. The molecule has 3 aromatic heterocycles. The fourth-order valence-electron chi connectivity index (χ4n) is 3.07. The highest BCUT2D eigenvalue weighted by Crippen LogP contribution is 2.18. The van der Waals surface area contributed by atoms with Crippen molar-refractivity contribution in [3.05, 3.63) is 41.5 Å². The monoisotopic (exact) mass is 398 g/mol. The van der Waals surface area contributed by atoms with Crippen molar-refractivity contribution < 1.29 is 4.74 Å². The molecule has 0 bridgehead atoms. The Kier molecular flexibility index (Phi) is 6.95. The summed E-state index contributed by atoms with van der Waals surface area (Å²) >= 11 is 0. The van der Waals surface area contributed by atoms with Crippen LogP contribution in [0.15, 0.2) is 24.5 Å². The molecule has 0 fully saturated rings. The summed E-state index contributed by atoms with van der Waals surface area (Å²) in [4.78, 5) is 15.3. The molecule has 0 amide bonds. The number of unbranched alkanes of at least 4 members (excludes halogenated alkanes) is 1. The number of imidazole rings is 1. The molecule has 0 spiro atoms. The van der Waals surface area contributed by atoms with Crippen LogP contribution < -0.4 is 15.8 Å². The predicted octanol–water partition coefficient (Wildman–Crippen LogP) is 1.69. The Morgan fingerprint density at radius 1 is 1.24 bits per heavy atom. The van der Waals surface area contributed by atoms with Crippen LogP contribution in [0.4, 0.5) is 5.82 Å². The van der Waals surface area contributed by atoms with Crippen molar-refractivity contribution in [3.8, 4) is 6.01 Å². The van der Waals surface area contributed by atoms with Gasteiger partial charge in [0.1, 0.15) is 0 Å². The zero-order valence-corrected chi connectivity index (χ0v) is 17.6. The molecule has 3 heterocycles. The normalized spacial score (nSPS) is 12.6. The highest BCUT2D eigenvalue weighted by molar-refractivity contribution is 5.59. The molecular formula is C20H30N8O. The number of nitrogens with two attached hydrogens (primary N) is 1. The Balaban J connectivity index is 1.79. The third-order valence-corrected chi connectivity index (χ3v) is 4.65. The van der Waals surface area contributed by atoms with E-state index in [0.29, 0.717) is 24.5 Å². The second-order valence-corrected chi connectivity index (χ2v) is 7.34. The van der Waals surface area contributed by atoms with Gasteiger partial charge < -0.3 is 20.7 Å². The topological polar surface area (TPSA) is 106 Å². The number of likely N-dealkylation sites (N-methyl/N-ethyl adjacent to an activating group) is 2. The maximum Gasteiger partial charge on any atom is 0.336 e. The molecule has 0 radical (unpaired) electrons. The van der Waals surface area contributed by atoms with Gasteiger partial charge in [0.05, 0.1) is 30.2 Å². The number of aromatic nitrogens is 5. The molecule has 3 aromatic rings. The molecule has 3 N–H and O–H groups in total. The summed E-state index contributed by atoms with van der Waals surface area (Å²) in [5, 5.41) is 7.77. The number of pyridine rings is 1. The van der Waals surface area contributed by atoms with E-state index in [-0.39, 0.29) is 12.1 Å². The van der Waals surface area contributed by atoms with E-state index in [9.17, 15) is 0 Å². The largest absolute Gasteiger partial charge is 0.462 e. The maximum absolute atomic E-state index is 6.04. The van der Waals surface area contributed by atoms with Crippen molar-refractivity contribution in [3.63, 3.8) is 0 Å². The molecule has 3 rings (SSSR count). The lowest BCUT2D eigenvalue weighted by atomic mass is 10.1. The van der Waals surface area contributed by atoms with Gasteiger partial charge in [0.25, 0.3) is 0 Å². The van der Waals surface area contributed by atoms with Gasteiger partial charge in [0.2, 0.25) is 0 Å². The predicted molar refractivity (Wildman–Crippen MR) is 113 cm³/mol. The number of nitrogen functional groups attached to an aromatic ring is 1. The summed E-state index contributed by atoms with van der Waals surface area (Å²) in [6.45, 7) is 3.55. The lowest BCUT2D eigenvalue weighted by molar-refractivity contribution is 0.280. The van der Waals surface area contributed by atoms with Crippen molar-refractivity contribution in [2.24, 2.45) is 0 Å². The van der Waals surface area contributed by atoms with E-state index in [4.69, 9.17) is 10.5 Å². The third-order valence-electron chi connectivity index (χ3n) is 4.65. The molecule has 29 heavy (non-hydrogen) atoms. The Labute approximate surface area is 171 Å². The van der Waals surface area contributed by atoms with Gasteiger partial charge in [-0.25, -0.2) is 9.50 Å². The Morgan fingerprint density at radius 3 is 2.72 bits per heavy atom. The van der Waals surface area contributed by atoms with Crippen LogP contribution in [0, 0.1) is 0 Å².